The molecular formula is C21H19N3O4. The van der Waals surface area contributed by atoms with Crippen molar-refractivity contribution >= 4 is 16.9 Å². The maximum absolute atomic E-state index is 10.6. The van der Waals surface area contributed by atoms with Gasteiger partial charge < -0.3 is 18.9 Å². The number of hydrogen-bond acceptors (Lipinski definition) is 5. The molecule has 4 rings (SSSR count). The van der Waals surface area contributed by atoms with Gasteiger partial charge in [-0.05, 0) is 62.4 Å². The summed E-state index contributed by atoms with van der Waals surface area (Å²) in [6.45, 7) is 3.91. The maximum Gasteiger partial charge on any atom is 0.341 e. The number of hydrogen-bond donors (Lipinski definition) is 1. The smallest absolute Gasteiger partial charge is 0.341 e. The van der Waals surface area contributed by atoms with Gasteiger partial charge in [0.15, 0.2) is 6.61 Å². The van der Waals surface area contributed by atoms with Crippen LogP contribution in [0.4, 0.5) is 0 Å². The van der Waals surface area contributed by atoms with E-state index >= 15 is 0 Å². The second-order valence-corrected chi connectivity index (χ2v) is 6.72. The Labute approximate surface area is 161 Å². The largest absolute Gasteiger partial charge is 0.482 e. The van der Waals surface area contributed by atoms with Crippen molar-refractivity contribution in [3.8, 4) is 28.6 Å². The van der Waals surface area contributed by atoms with Crippen LogP contribution in [0.5, 0.6) is 5.75 Å². The van der Waals surface area contributed by atoms with Crippen molar-refractivity contribution in [1.82, 2.24) is 14.7 Å². The summed E-state index contributed by atoms with van der Waals surface area (Å²) in [4.78, 5) is 15.0. The minimum atomic E-state index is -1.02. The van der Waals surface area contributed by atoms with Crippen LogP contribution < -0.4 is 4.74 Å². The van der Waals surface area contributed by atoms with Gasteiger partial charge in [-0.1, -0.05) is 5.16 Å². The molecule has 0 aliphatic carbocycles. The number of fused-ring (bicyclic) bond motifs is 1. The zero-order valence-corrected chi connectivity index (χ0v) is 15.5. The molecule has 0 atom stereocenters. The molecule has 0 saturated carbocycles. The molecule has 28 heavy (non-hydrogen) atoms. The Kier molecular flexibility index (Phi) is 4.57. The Morgan fingerprint density at radius 2 is 1.89 bits per heavy atom. The third kappa shape index (κ3) is 3.46. The Balaban J connectivity index is 1.57. The van der Waals surface area contributed by atoms with Crippen LogP contribution in [0, 0.1) is 0 Å². The predicted octanol–water partition coefficient (Wildman–Crippen LogP) is 4.40. The molecule has 142 valence electrons. The molecular weight excluding hydrogens is 358 g/mol. The molecule has 4 aromatic rings. The lowest BCUT2D eigenvalue weighted by atomic mass is 10.1. The van der Waals surface area contributed by atoms with E-state index in [1.807, 2.05) is 12.1 Å². The highest BCUT2D eigenvalue weighted by Crippen LogP contribution is 2.28. The first-order valence-electron chi connectivity index (χ1n) is 8.91. The van der Waals surface area contributed by atoms with Gasteiger partial charge >= 0.3 is 5.97 Å². The summed E-state index contributed by atoms with van der Waals surface area (Å²) in [6, 6.07) is 15.4. The zero-order chi connectivity index (χ0) is 19.7. The van der Waals surface area contributed by atoms with E-state index in [4.69, 9.17) is 14.4 Å². The van der Waals surface area contributed by atoms with Gasteiger partial charge in [-0.25, -0.2) is 4.79 Å². The van der Waals surface area contributed by atoms with Crippen LogP contribution in [0.3, 0.4) is 0 Å². The highest BCUT2D eigenvalue weighted by atomic mass is 16.5. The molecule has 0 amide bonds. The van der Waals surface area contributed by atoms with Crippen LogP contribution >= 0.6 is 0 Å². The fourth-order valence-electron chi connectivity index (χ4n) is 3.05. The van der Waals surface area contributed by atoms with E-state index in [1.165, 1.54) is 0 Å². The minimum Gasteiger partial charge on any atom is -0.482 e. The summed E-state index contributed by atoms with van der Waals surface area (Å²) >= 11 is 0. The van der Waals surface area contributed by atoms with Crippen molar-refractivity contribution in [3.05, 3.63) is 54.7 Å². The fourth-order valence-corrected chi connectivity index (χ4v) is 3.05. The molecule has 0 unspecified atom stereocenters. The third-order valence-electron chi connectivity index (χ3n) is 4.42. The van der Waals surface area contributed by atoms with Gasteiger partial charge in [0.1, 0.15) is 5.75 Å². The second kappa shape index (κ2) is 7.19. The van der Waals surface area contributed by atoms with Crippen molar-refractivity contribution in [2.45, 2.75) is 19.9 Å². The average molecular weight is 377 g/mol. The second-order valence-electron chi connectivity index (χ2n) is 6.72. The van der Waals surface area contributed by atoms with Crippen molar-refractivity contribution in [2.75, 3.05) is 6.61 Å². The standard InChI is InChI=1S/C21H19N3O4/c1-13(2)24-10-9-15-11-16(5-8-18(15)24)21-22-20(23-28-21)14-3-6-17(7-4-14)27-12-19(25)26/h3-11,13H,12H2,1-2H3,(H,25,26). The van der Waals surface area contributed by atoms with E-state index in [2.05, 4.69) is 46.9 Å². The van der Waals surface area contributed by atoms with Crippen molar-refractivity contribution in [1.29, 1.82) is 0 Å². The van der Waals surface area contributed by atoms with Crippen LogP contribution in [-0.4, -0.2) is 32.4 Å². The van der Waals surface area contributed by atoms with Crippen LogP contribution in [0.1, 0.15) is 19.9 Å². The number of carboxylic acids is 1. The van der Waals surface area contributed by atoms with Gasteiger partial charge in [-0.3, -0.25) is 0 Å². The number of benzene rings is 2. The molecule has 1 N–H and O–H groups in total. The first kappa shape index (κ1) is 17.8. The molecule has 0 saturated heterocycles. The Morgan fingerprint density at radius 1 is 1.14 bits per heavy atom. The van der Waals surface area contributed by atoms with Crippen molar-refractivity contribution in [2.24, 2.45) is 0 Å². The third-order valence-corrected chi connectivity index (χ3v) is 4.42. The molecule has 0 spiro atoms. The number of nitrogens with zero attached hydrogens (tertiary/aromatic N) is 3. The molecule has 0 aliphatic rings. The van der Waals surface area contributed by atoms with Gasteiger partial charge in [0.05, 0.1) is 0 Å². The van der Waals surface area contributed by atoms with E-state index < -0.39 is 5.97 Å². The van der Waals surface area contributed by atoms with E-state index in [-0.39, 0.29) is 6.61 Å². The SMILES string of the molecule is CC(C)n1ccc2cc(-c3nc(-c4ccc(OCC(=O)O)cc4)no3)ccc21. The molecule has 7 heteroatoms. The lowest BCUT2D eigenvalue weighted by molar-refractivity contribution is -0.139. The Hall–Kier alpha value is -3.61. The molecule has 0 radical (unpaired) electrons. The minimum absolute atomic E-state index is 0.382. The van der Waals surface area contributed by atoms with Crippen molar-refractivity contribution in [3.63, 3.8) is 0 Å². The van der Waals surface area contributed by atoms with Crippen LogP contribution in [-0.2, 0) is 4.79 Å². The number of aliphatic carboxylic acids is 1. The quantitative estimate of drug-likeness (QED) is 0.535. The number of carbonyl (C=O) groups is 1. The lowest BCUT2D eigenvalue weighted by Crippen LogP contribution is -2.09. The molecule has 7 nitrogen and oxygen atoms in total. The molecule has 0 aliphatic heterocycles. The van der Waals surface area contributed by atoms with Gasteiger partial charge in [-0.15, -0.1) is 0 Å². The molecule has 0 fully saturated rings. The summed E-state index contributed by atoms with van der Waals surface area (Å²) in [5.74, 6) is 0.350. The van der Waals surface area contributed by atoms with Gasteiger partial charge in [0, 0.05) is 34.3 Å². The molecule has 0 bridgehead atoms. The lowest BCUT2D eigenvalue weighted by Gasteiger charge is -2.09. The first-order valence-corrected chi connectivity index (χ1v) is 8.91. The van der Waals surface area contributed by atoms with Gasteiger partial charge in [0.2, 0.25) is 5.82 Å². The van der Waals surface area contributed by atoms with Crippen LogP contribution in [0.15, 0.2) is 59.3 Å². The highest BCUT2D eigenvalue weighted by Gasteiger charge is 2.13. The molecule has 2 heterocycles. The molecule has 2 aromatic carbocycles. The zero-order valence-electron chi connectivity index (χ0n) is 15.5. The summed E-state index contributed by atoms with van der Waals surface area (Å²) in [5.41, 5.74) is 2.77. The number of aromatic nitrogens is 3. The first-order chi connectivity index (χ1) is 13.5. The monoisotopic (exact) mass is 377 g/mol. The summed E-state index contributed by atoms with van der Waals surface area (Å²) in [5, 5.41) is 13.8. The van der Waals surface area contributed by atoms with Gasteiger partial charge in [0.25, 0.3) is 5.89 Å². The van der Waals surface area contributed by atoms with E-state index in [9.17, 15) is 4.79 Å². The summed E-state index contributed by atoms with van der Waals surface area (Å²) < 4.78 is 12.8. The van der Waals surface area contributed by atoms with E-state index in [1.54, 1.807) is 24.3 Å². The van der Waals surface area contributed by atoms with Gasteiger partial charge in [-0.2, -0.15) is 4.98 Å². The van der Waals surface area contributed by atoms with E-state index in [0.29, 0.717) is 23.5 Å². The number of ether oxygens (including phenoxy) is 1. The fraction of sp³-hybridized carbons (Fsp3) is 0.190. The highest BCUT2D eigenvalue weighted by molar-refractivity contribution is 5.84. The predicted molar refractivity (Wildman–Crippen MR) is 104 cm³/mol. The number of rotatable bonds is 6. The Morgan fingerprint density at radius 3 is 2.61 bits per heavy atom. The van der Waals surface area contributed by atoms with Crippen LogP contribution in [0.25, 0.3) is 33.7 Å². The summed E-state index contributed by atoms with van der Waals surface area (Å²) in [6.07, 6.45) is 2.08. The normalized spacial score (nSPS) is 11.2. The van der Waals surface area contributed by atoms with Crippen LogP contribution in [0.2, 0.25) is 0 Å². The number of carboxylic acid groups (broad SMARTS) is 1. The molecule has 2 aromatic heterocycles. The topological polar surface area (TPSA) is 90.4 Å². The van der Waals surface area contributed by atoms with E-state index in [0.717, 1.165) is 22.0 Å². The maximum atomic E-state index is 10.6. The Bertz CT molecular complexity index is 1130. The summed E-state index contributed by atoms with van der Waals surface area (Å²) in [7, 11) is 0. The van der Waals surface area contributed by atoms with Crippen molar-refractivity contribution < 1.29 is 19.2 Å². The average Bonchev–Trinajstić information content (AvgIpc) is 3.33.